The van der Waals surface area contributed by atoms with E-state index >= 15 is 0 Å². The lowest BCUT2D eigenvalue weighted by Crippen LogP contribution is -2.50. The van der Waals surface area contributed by atoms with Crippen molar-refractivity contribution in [2.24, 2.45) is 5.92 Å². The molecule has 2 amide bonds. The van der Waals surface area contributed by atoms with Crippen molar-refractivity contribution < 1.29 is 19.4 Å². The topological polar surface area (TPSA) is 78.9 Å². The van der Waals surface area contributed by atoms with Crippen LogP contribution in [0.4, 0.5) is 10.5 Å². The van der Waals surface area contributed by atoms with Crippen LogP contribution in [0.25, 0.3) is 0 Å². The number of hydrogen-bond acceptors (Lipinski definition) is 3. The van der Waals surface area contributed by atoms with Crippen molar-refractivity contribution in [3.8, 4) is 5.75 Å². The second-order valence-electron chi connectivity index (χ2n) is 5.44. The van der Waals surface area contributed by atoms with Crippen molar-refractivity contribution in [3.05, 3.63) is 24.3 Å². The van der Waals surface area contributed by atoms with Gasteiger partial charge in [-0.3, -0.25) is 4.90 Å². The van der Waals surface area contributed by atoms with Crippen LogP contribution < -0.4 is 15.0 Å². The van der Waals surface area contributed by atoms with Gasteiger partial charge < -0.3 is 15.2 Å². The second-order valence-corrected chi connectivity index (χ2v) is 5.44. The number of carboxylic acids is 1. The number of nitrogens with one attached hydrogen (secondary N) is 1. The summed E-state index contributed by atoms with van der Waals surface area (Å²) in [4.78, 5) is 24.9. The van der Waals surface area contributed by atoms with E-state index in [2.05, 4.69) is 19.2 Å². The first kappa shape index (κ1) is 15.2. The molecule has 0 aliphatic carbocycles. The van der Waals surface area contributed by atoms with Gasteiger partial charge in [0, 0.05) is 6.54 Å². The standard InChI is InChI=1S/C15H20N2O4/c1-10(2)7-8-16-15(20)17-9-13(14(18)19)21-12-6-4-3-5-11(12)17/h3-6,10,13H,7-9H2,1-2H3,(H,16,20)(H,18,19). The van der Waals surface area contributed by atoms with E-state index in [0.717, 1.165) is 6.42 Å². The monoisotopic (exact) mass is 292 g/mol. The minimum Gasteiger partial charge on any atom is -0.478 e. The molecule has 1 aromatic rings. The normalized spacial score (nSPS) is 17.1. The zero-order chi connectivity index (χ0) is 15.4. The first-order chi connectivity index (χ1) is 9.99. The number of fused-ring (bicyclic) bond motifs is 1. The molecule has 6 heteroatoms. The van der Waals surface area contributed by atoms with Crippen LogP contribution in [0.5, 0.6) is 5.75 Å². The number of rotatable bonds is 4. The third-order valence-electron chi connectivity index (χ3n) is 3.29. The van der Waals surface area contributed by atoms with Gasteiger partial charge in [0.15, 0.2) is 0 Å². The summed E-state index contributed by atoms with van der Waals surface area (Å²) in [6.45, 7) is 4.72. The van der Waals surface area contributed by atoms with Gasteiger partial charge in [-0.2, -0.15) is 0 Å². The summed E-state index contributed by atoms with van der Waals surface area (Å²) in [6, 6.07) is 6.65. The molecule has 21 heavy (non-hydrogen) atoms. The lowest BCUT2D eigenvalue weighted by molar-refractivity contribution is -0.144. The van der Waals surface area contributed by atoms with E-state index in [-0.39, 0.29) is 12.6 Å². The third-order valence-corrected chi connectivity index (χ3v) is 3.29. The van der Waals surface area contributed by atoms with E-state index in [1.807, 2.05) is 0 Å². The summed E-state index contributed by atoms with van der Waals surface area (Å²) in [5.41, 5.74) is 0.594. The summed E-state index contributed by atoms with van der Waals surface area (Å²) in [6.07, 6.45) is -0.171. The van der Waals surface area contributed by atoms with Crippen LogP contribution in [0.1, 0.15) is 20.3 Å². The molecular weight excluding hydrogens is 272 g/mol. The molecule has 1 atom stereocenters. The Bertz CT molecular complexity index is 530. The van der Waals surface area contributed by atoms with Gasteiger partial charge in [-0.05, 0) is 24.5 Å². The summed E-state index contributed by atoms with van der Waals surface area (Å²) in [5.74, 6) is -0.173. The Morgan fingerprint density at radius 3 is 2.81 bits per heavy atom. The highest BCUT2D eigenvalue weighted by Gasteiger charge is 2.33. The molecule has 0 bridgehead atoms. The third kappa shape index (κ3) is 3.65. The fourth-order valence-corrected chi connectivity index (χ4v) is 2.12. The Labute approximate surface area is 123 Å². The van der Waals surface area contributed by atoms with Gasteiger partial charge >= 0.3 is 12.0 Å². The average molecular weight is 292 g/mol. The molecule has 1 aliphatic rings. The maximum Gasteiger partial charge on any atom is 0.346 e. The molecule has 0 saturated heterocycles. The summed E-state index contributed by atoms with van der Waals surface area (Å²) < 4.78 is 5.40. The van der Waals surface area contributed by atoms with E-state index in [1.165, 1.54) is 4.90 Å². The van der Waals surface area contributed by atoms with Gasteiger partial charge in [0.1, 0.15) is 5.75 Å². The molecular formula is C15H20N2O4. The average Bonchev–Trinajstić information content (AvgIpc) is 2.45. The predicted molar refractivity (Wildman–Crippen MR) is 78.7 cm³/mol. The van der Waals surface area contributed by atoms with Crippen LogP contribution in [-0.4, -0.2) is 36.3 Å². The molecule has 1 unspecified atom stereocenters. The van der Waals surface area contributed by atoms with Crippen molar-refractivity contribution in [3.63, 3.8) is 0 Å². The number of carboxylic acid groups (broad SMARTS) is 1. The second kappa shape index (κ2) is 6.47. The predicted octanol–water partition coefficient (Wildman–Crippen LogP) is 2.09. The van der Waals surface area contributed by atoms with Crippen LogP contribution in [0.15, 0.2) is 24.3 Å². The quantitative estimate of drug-likeness (QED) is 0.890. The number of urea groups is 1. The van der Waals surface area contributed by atoms with Crippen LogP contribution in [0.3, 0.4) is 0 Å². The first-order valence-electron chi connectivity index (χ1n) is 7.03. The van der Waals surface area contributed by atoms with Crippen molar-refractivity contribution in [2.75, 3.05) is 18.0 Å². The number of carbonyl (C=O) groups is 2. The molecule has 1 aromatic carbocycles. The van der Waals surface area contributed by atoms with E-state index in [4.69, 9.17) is 9.84 Å². The highest BCUT2D eigenvalue weighted by molar-refractivity contribution is 5.95. The van der Waals surface area contributed by atoms with Gasteiger partial charge in [0.05, 0.1) is 12.2 Å². The van der Waals surface area contributed by atoms with E-state index in [1.54, 1.807) is 24.3 Å². The van der Waals surface area contributed by atoms with Gasteiger partial charge in [0.2, 0.25) is 6.10 Å². The van der Waals surface area contributed by atoms with Crippen LogP contribution >= 0.6 is 0 Å². The number of anilines is 1. The molecule has 2 rings (SSSR count). The number of benzene rings is 1. The fourth-order valence-electron chi connectivity index (χ4n) is 2.12. The molecule has 1 aliphatic heterocycles. The Morgan fingerprint density at radius 1 is 1.43 bits per heavy atom. The molecule has 0 saturated carbocycles. The van der Waals surface area contributed by atoms with Gasteiger partial charge in [0.25, 0.3) is 0 Å². The zero-order valence-electron chi connectivity index (χ0n) is 12.2. The van der Waals surface area contributed by atoms with E-state index in [9.17, 15) is 9.59 Å². The number of nitrogens with zero attached hydrogens (tertiary/aromatic N) is 1. The maximum absolute atomic E-state index is 12.3. The summed E-state index contributed by atoms with van der Waals surface area (Å²) >= 11 is 0. The zero-order valence-corrected chi connectivity index (χ0v) is 12.2. The molecule has 0 spiro atoms. The minimum absolute atomic E-state index is 0.000140. The number of para-hydroxylation sites is 2. The maximum atomic E-state index is 12.3. The van der Waals surface area contributed by atoms with Crippen molar-refractivity contribution >= 4 is 17.7 Å². The number of ether oxygens (including phenoxy) is 1. The molecule has 2 N–H and O–H groups in total. The largest absolute Gasteiger partial charge is 0.478 e. The molecule has 114 valence electrons. The highest BCUT2D eigenvalue weighted by Crippen LogP contribution is 2.33. The lowest BCUT2D eigenvalue weighted by atomic mass is 10.1. The number of hydrogen-bond donors (Lipinski definition) is 2. The Morgan fingerprint density at radius 2 is 2.14 bits per heavy atom. The molecule has 0 radical (unpaired) electrons. The summed E-state index contributed by atoms with van der Waals surface area (Å²) in [7, 11) is 0. The summed E-state index contributed by atoms with van der Waals surface area (Å²) in [5, 5.41) is 12.0. The SMILES string of the molecule is CC(C)CCNC(=O)N1CC(C(=O)O)Oc2ccccc21. The van der Waals surface area contributed by atoms with Gasteiger partial charge in [-0.25, -0.2) is 9.59 Å². The van der Waals surface area contributed by atoms with Crippen LogP contribution in [0, 0.1) is 5.92 Å². The van der Waals surface area contributed by atoms with Gasteiger partial charge in [-0.1, -0.05) is 26.0 Å². The molecule has 6 nitrogen and oxygen atoms in total. The van der Waals surface area contributed by atoms with Crippen molar-refractivity contribution in [1.29, 1.82) is 0 Å². The molecule has 0 fully saturated rings. The van der Waals surface area contributed by atoms with E-state index < -0.39 is 12.1 Å². The smallest absolute Gasteiger partial charge is 0.346 e. The van der Waals surface area contributed by atoms with Crippen LogP contribution in [-0.2, 0) is 4.79 Å². The number of carbonyl (C=O) groups excluding carboxylic acids is 1. The first-order valence-corrected chi connectivity index (χ1v) is 7.03. The van der Waals surface area contributed by atoms with E-state index in [0.29, 0.717) is 23.9 Å². The highest BCUT2D eigenvalue weighted by atomic mass is 16.5. The van der Waals surface area contributed by atoms with Crippen molar-refractivity contribution in [1.82, 2.24) is 5.32 Å². The van der Waals surface area contributed by atoms with Crippen LogP contribution in [0.2, 0.25) is 0 Å². The lowest BCUT2D eigenvalue weighted by Gasteiger charge is -2.33. The minimum atomic E-state index is -1.08. The Balaban J connectivity index is 2.13. The molecule has 0 aromatic heterocycles. The Hall–Kier alpha value is -2.24. The molecule has 1 heterocycles. The number of amides is 2. The Kier molecular flexibility index (Phi) is 4.67. The van der Waals surface area contributed by atoms with Gasteiger partial charge in [-0.15, -0.1) is 0 Å². The fraction of sp³-hybridized carbons (Fsp3) is 0.467. The van der Waals surface area contributed by atoms with Crippen molar-refractivity contribution in [2.45, 2.75) is 26.4 Å². The number of aliphatic carboxylic acids is 1.